The summed E-state index contributed by atoms with van der Waals surface area (Å²) in [5.74, 6) is -0.183. The zero-order valence-corrected chi connectivity index (χ0v) is 10.8. The third-order valence-electron chi connectivity index (χ3n) is 2.80. The lowest BCUT2D eigenvalue weighted by molar-refractivity contribution is -0.119. The van der Waals surface area contributed by atoms with Gasteiger partial charge in [0, 0.05) is 12.0 Å². The van der Waals surface area contributed by atoms with E-state index in [4.69, 9.17) is 5.73 Å². The number of carbonyl (C=O) groups is 2. The van der Waals surface area contributed by atoms with Gasteiger partial charge in [-0.3, -0.25) is 14.5 Å². The van der Waals surface area contributed by atoms with Crippen LogP contribution in [0.1, 0.15) is 30.1 Å². The summed E-state index contributed by atoms with van der Waals surface area (Å²) in [6.45, 7) is 3.72. The lowest BCUT2D eigenvalue weighted by Crippen LogP contribution is -2.34. The normalized spacial score (nSPS) is 10.6. The Kier molecular flexibility index (Phi) is 6.08. The summed E-state index contributed by atoms with van der Waals surface area (Å²) in [7, 11) is 0. The number of nitrogens with two attached hydrogens (primary N) is 1. The summed E-state index contributed by atoms with van der Waals surface area (Å²) in [6.07, 6.45) is 1.24. The number of primary amides is 1. The number of benzene rings is 1. The maximum atomic E-state index is 11.8. The van der Waals surface area contributed by atoms with Crippen molar-refractivity contribution in [2.45, 2.75) is 19.8 Å². The number of likely N-dealkylation sites (N-methyl/N-ethyl adjacent to an activating group) is 1. The predicted molar refractivity (Wildman–Crippen MR) is 71.3 cm³/mol. The fourth-order valence-corrected chi connectivity index (χ4v) is 1.80. The van der Waals surface area contributed by atoms with E-state index in [9.17, 15) is 9.59 Å². The Labute approximate surface area is 108 Å². The third kappa shape index (κ3) is 5.10. The summed E-state index contributed by atoms with van der Waals surface area (Å²) < 4.78 is 0. The number of rotatable bonds is 8. The largest absolute Gasteiger partial charge is 0.369 e. The molecule has 0 bridgehead atoms. The molecule has 4 nitrogen and oxygen atoms in total. The third-order valence-corrected chi connectivity index (χ3v) is 2.80. The van der Waals surface area contributed by atoms with Crippen LogP contribution in [0.5, 0.6) is 0 Å². The second-order valence-electron chi connectivity index (χ2n) is 4.23. The van der Waals surface area contributed by atoms with E-state index >= 15 is 0 Å². The minimum atomic E-state index is -0.328. The van der Waals surface area contributed by atoms with Gasteiger partial charge in [-0.25, -0.2) is 0 Å². The quantitative estimate of drug-likeness (QED) is 0.708. The Morgan fingerprint density at radius 1 is 1.22 bits per heavy atom. The molecule has 2 N–H and O–H groups in total. The molecule has 0 aromatic heterocycles. The second-order valence-corrected chi connectivity index (χ2v) is 4.23. The molecule has 0 saturated heterocycles. The van der Waals surface area contributed by atoms with Gasteiger partial charge in [0.25, 0.3) is 0 Å². The van der Waals surface area contributed by atoms with Crippen LogP contribution >= 0.6 is 0 Å². The lowest BCUT2D eigenvalue weighted by Gasteiger charge is -2.17. The molecule has 0 spiro atoms. The molecule has 1 aromatic rings. The van der Waals surface area contributed by atoms with Gasteiger partial charge in [0.2, 0.25) is 5.91 Å². The first-order valence-corrected chi connectivity index (χ1v) is 6.22. The van der Waals surface area contributed by atoms with Gasteiger partial charge in [0.1, 0.15) is 0 Å². The van der Waals surface area contributed by atoms with Gasteiger partial charge in [-0.2, -0.15) is 0 Å². The van der Waals surface area contributed by atoms with E-state index in [0.717, 1.165) is 25.1 Å². The first-order chi connectivity index (χ1) is 8.63. The monoisotopic (exact) mass is 248 g/mol. The molecule has 0 aliphatic rings. The van der Waals surface area contributed by atoms with Crippen molar-refractivity contribution in [1.29, 1.82) is 0 Å². The highest BCUT2D eigenvalue weighted by Gasteiger charge is 2.08. The van der Waals surface area contributed by atoms with Gasteiger partial charge in [0.15, 0.2) is 5.78 Å². The molecule has 0 radical (unpaired) electrons. The van der Waals surface area contributed by atoms with Crippen molar-refractivity contribution >= 4 is 11.7 Å². The topological polar surface area (TPSA) is 63.4 Å². The van der Waals surface area contributed by atoms with Crippen LogP contribution in [0.4, 0.5) is 0 Å². The number of hydrogen-bond acceptors (Lipinski definition) is 3. The lowest BCUT2D eigenvalue weighted by atomic mass is 10.1. The Hall–Kier alpha value is -1.68. The fourth-order valence-electron chi connectivity index (χ4n) is 1.80. The van der Waals surface area contributed by atoms with Crippen molar-refractivity contribution in [2.24, 2.45) is 5.73 Å². The highest BCUT2D eigenvalue weighted by molar-refractivity contribution is 5.95. The van der Waals surface area contributed by atoms with Crippen LogP contribution in [-0.2, 0) is 4.79 Å². The number of amides is 1. The van der Waals surface area contributed by atoms with E-state index in [1.165, 1.54) is 0 Å². The number of Topliss-reactive ketones (excluding diaryl/α,β-unsaturated/α-hetero) is 1. The van der Waals surface area contributed by atoms with Crippen LogP contribution in [0, 0.1) is 0 Å². The smallest absolute Gasteiger partial charge is 0.231 e. The molecule has 0 aliphatic heterocycles. The molecular weight excluding hydrogens is 228 g/mol. The van der Waals surface area contributed by atoms with Gasteiger partial charge in [0.05, 0.1) is 6.54 Å². The zero-order valence-electron chi connectivity index (χ0n) is 10.8. The maximum Gasteiger partial charge on any atom is 0.231 e. The van der Waals surface area contributed by atoms with Crippen molar-refractivity contribution in [2.75, 3.05) is 19.6 Å². The number of hydrogen-bond donors (Lipinski definition) is 1. The first-order valence-electron chi connectivity index (χ1n) is 6.22. The van der Waals surface area contributed by atoms with E-state index in [2.05, 4.69) is 0 Å². The van der Waals surface area contributed by atoms with Crippen LogP contribution in [0.25, 0.3) is 0 Å². The van der Waals surface area contributed by atoms with Crippen molar-refractivity contribution in [3.8, 4) is 0 Å². The van der Waals surface area contributed by atoms with Crippen molar-refractivity contribution in [3.05, 3.63) is 35.9 Å². The molecule has 0 fully saturated rings. The first kappa shape index (κ1) is 14.4. The highest BCUT2D eigenvalue weighted by atomic mass is 16.1. The Bertz CT molecular complexity index is 390. The fraction of sp³-hybridized carbons (Fsp3) is 0.429. The van der Waals surface area contributed by atoms with Gasteiger partial charge in [-0.1, -0.05) is 37.3 Å². The second kappa shape index (κ2) is 7.61. The molecule has 1 aromatic carbocycles. The Balaban J connectivity index is 2.33. The minimum absolute atomic E-state index is 0.144. The molecule has 0 aliphatic carbocycles. The van der Waals surface area contributed by atoms with Crippen molar-refractivity contribution in [3.63, 3.8) is 0 Å². The average Bonchev–Trinajstić information content (AvgIpc) is 2.38. The molecule has 1 amide bonds. The molecule has 0 heterocycles. The van der Waals surface area contributed by atoms with Gasteiger partial charge in [-0.15, -0.1) is 0 Å². The molecule has 4 heteroatoms. The van der Waals surface area contributed by atoms with Crippen molar-refractivity contribution < 1.29 is 9.59 Å². The SMILES string of the molecule is CCN(CCCC(=O)c1ccccc1)CC(N)=O. The molecule has 1 rings (SSSR count). The van der Waals surface area contributed by atoms with E-state index in [1.807, 2.05) is 42.2 Å². The zero-order chi connectivity index (χ0) is 13.4. The van der Waals surface area contributed by atoms with Crippen molar-refractivity contribution in [1.82, 2.24) is 4.90 Å². The number of nitrogens with zero attached hydrogens (tertiary/aromatic N) is 1. The summed E-state index contributed by atoms with van der Waals surface area (Å²) >= 11 is 0. The van der Waals surface area contributed by atoms with Crippen LogP contribution in [0.15, 0.2) is 30.3 Å². The number of carbonyl (C=O) groups excluding carboxylic acids is 2. The van der Waals surface area contributed by atoms with Crippen LogP contribution in [-0.4, -0.2) is 36.2 Å². The Morgan fingerprint density at radius 3 is 2.44 bits per heavy atom. The van der Waals surface area contributed by atoms with Crippen LogP contribution in [0.3, 0.4) is 0 Å². The average molecular weight is 248 g/mol. The highest BCUT2D eigenvalue weighted by Crippen LogP contribution is 2.05. The van der Waals surface area contributed by atoms with Gasteiger partial charge in [-0.05, 0) is 19.5 Å². The van der Waals surface area contributed by atoms with E-state index in [1.54, 1.807) is 0 Å². The van der Waals surface area contributed by atoms with Crippen LogP contribution < -0.4 is 5.73 Å². The standard InChI is InChI=1S/C14H20N2O2/c1-2-16(11-14(15)18)10-6-9-13(17)12-7-4-3-5-8-12/h3-5,7-8H,2,6,9-11H2,1H3,(H2,15,18). The maximum absolute atomic E-state index is 11.8. The predicted octanol–water partition coefficient (Wildman–Crippen LogP) is 1.46. The molecule has 98 valence electrons. The van der Waals surface area contributed by atoms with E-state index < -0.39 is 0 Å². The minimum Gasteiger partial charge on any atom is -0.369 e. The molecule has 0 unspecified atom stereocenters. The van der Waals surface area contributed by atoms with Gasteiger partial charge < -0.3 is 5.73 Å². The summed E-state index contributed by atoms with van der Waals surface area (Å²) in [4.78, 5) is 24.6. The van der Waals surface area contributed by atoms with E-state index in [0.29, 0.717) is 6.42 Å². The van der Waals surface area contributed by atoms with Crippen LogP contribution in [0.2, 0.25) is 0 Å². The Morgan fingerprint density at radius 2 is 1.89 bits per heavy atom. The molecule has 0 saturated carbocycles. The number of ketones is 1. The summed E-state index contributed by atoms with van der Waals surface area (Å²) in [6, 6.07) is 9.26. The molecule has 0 atom stereocenters. The van der Waals surface area contributed by atoms with Gasteiger partial charge >= 0.3 is 0 Å². The molecule has 18 heavy (non-hydrogen) atoms. The molecular formula is C14H20N2O2. The summed E-state index contributed by atoms with van der Waals surface area (Å²) in [5.41, 5.74) is 5.89. The van der Waals surface area contributed by atoms with E-state index in [-0.39, 0.29) is 18.2 Å². The summed E-state index contributed by atoms with van der Waals surface area (Å²) in [5, 5.41) is 0.